The first kappa shape index (κ1) is 19.6. The normalized spacial score (nSPS) is 16.6. The van der Waals surface area contributed by atoms with E-state index in [0.29, 0.717) is 18.2 Å². The molecule has 3 heterocycles. The third-order valence-electron chi connectivity index (χ3n) is 5.37. The van der Waals surface area contributed by atoms with Crippen molar-refractivity contribution >= 4 is 22.8 Å². The standard InChI is InChI=1S/C19H17F2N7O2/c1-8(18(29)30)9(2)24-16-12(21)14(19(7-22)3-4-19)25-17(26-16)13-11-5-10(20)6-23-15(11)28-27-13/h5-6,8-9H,3-4H2,1-2H3,(H,29,30)(H,23,27,28)(H,24,25,26). The molecule has 2 unspecified atom stereocenters. The summed E-state index contributed by atoms with van der Waals surface area (Å²) in [5, 5.41) is 28.5. The van der Waals surface area contributed by atoms with Gasteiger partial charge in [0.1, 0.15) is 22.6 Å². The lowest BCUT2D eigenvalue weighted by Crippen LogP contribution is -2.31. The zero-order valence-corrected chi connectivity index (χ0v) is 16.1. The molecular weight excluding hydrogens is 396 g/mol. The molecule has 3 N–H and O–H groups in total. The number of rotatable bonds is 6. The van der Waals surface area contributed by atoms with Crippen molar-refractivity contribution < 1.29 is 18.7 Å². The zero-order chi connectivity index (χ0) is 21.6. The predicted octanol–water partition coefficient (Wildman–Crippen LogP) is 2.77. The van der Waals surface area contributed by atoms with Gasteiger partial charge in [0.25, 0.3) is 0 Å². The fourth-order valence-corrected chi connectivity index (χ4v) is 3.10. The molecule has 1 aliphatic rings. The summed E-state index contributed by atoms with van der Waals surface area (Å²) in [6.45, 7) is 3.07. The highest BCUT2D eigenvalue weighted by Crippen LogP contribution is 2.48. The summed E-state index contributed by atoms with van der Waals surface area (Å²) in [5.41, 5.74) is -0.711. The van der Waals surface area contributed by atoms with E-state index in [9.17, 15) is 19.6 Å². The van der Waals surface area contributed by atoms with Gasteiger partial charge in [0.05, 0.1) is 23.6 Å². The summed E-state index contributed by atoms with van der Waals surface area (Å²) < 4.78 is 28.9. The zero-order valence-electron chi connectivity index (χ0n) is 16.1. The van der Waals surface area contributed by atoms with Crippen LogP contribution in [0.15, 0.2) is 12.3 Å². The molecule has 3 aromatic heterocycles. The van der Waals surface area contributed by atoms with Gasteiger partial charge >= 0.3 is 5.97 Å². The fourth-order valence-electron chi connectivity index (χ4n) is 3.10. The number of aromatic nitrogens is 5. The molecule has 2 atom stereocenters. The van der Waals surface area contributed by atoms with E-state index in [1.165, 1.54) is 13.0 Å². The third kappa shape index (κ3) is 3.20. The van der Waals surface area contributed by atoms with E-state index in [1.54, 1.807) is 6.92 Å². The Morgan fingerprint density at radius 3 is 2.73 bits per heavy atom. The molecule has 0 spiro atoms. The van der Waals surface area contributed by atoms with Crippen molar-refractivity contribution in [3.8, 4) is 17.6 Å². The Morgan fingerprint density at radius 2 is 2.10 bits per heavy atom. The van der Waals surface area contributed by atoms with Gasteiger partial charge in [-0.15, -0.1) is 0 Å². The minimum Gasteiger partial charge on any atom is -0.481 e. The third-order valence-corrected chi connectivity index (χ3v) is 5.37. The summed E-state index contributed by atoms with van der Waals surface area (Å²) >= 11 is 0. The van der Waals surface area contributed by atoms with Crippen LogP contribution in [0.2, 0.25) is 0 Å². The summed E-state index contributed by atoms with van der Waals surface area (Å²) in [4.78, 5) is 23.6. The first-order valence-corrected chi connectivity index (χ1v) is 9.24. The number of carbonyl (C=O) groups is 1. The van der Waals surface area contributed by atoms with E-state index in [0.717, 1.165) is 6.20 Å². The number of hydrogen-bond acceptors (Lipinski definition) is 7. The molecule has 11 heteroatoms. The van der Waals surface area contributed by atoms with Gasteiger partial charge < -0.3 is 10.4 Å². The fraction of sp³-hybridized carbons (Fsp3) is 0.368. The lowest BCUT2D eigenvalue weighted by molar-refractivity contribution is -0.141. The molecule has 1 saturated carbocycles. The van der Waals surface area contributed by atoms with Crippen LogP contribution >= 0.6 is 0 Å². The number of carboxylic acid groups (broad SMARTS) is 1. The van der Waals surface area contributed by atoms with Crippen LogP contribution in [-0.4, -0.2) is 42.3 Å². The summed E-state index contributed by atoms with van der Waals surface area (Å²) in [6.07, 6.45) is 1.90. The first-order chi connectivity index (χ1) is 14.3. The largest absolute Gasteiger partial charge is 0.481 e. The maximum absolute atomic E-state index is 15.2. The maximum atomic E-state index is 15.2. The van der Waals surface area contributed by atoms with E-state index in [-0.39, 0.29) is 28.7 Å². The Balaban J connectivity index is 1.87. The second-order valence-corrected chi connectivity index (χ2v) is 7.44. The number of aliphatic carboxylic acids is 1. The topological polar surface area (TPSA) is 140 Å². The molecule has 0 aromatic carbocycles. The average Bonchev–Trinajstić information content (AvgIpc) is 3.41. The highest BCUT2D eigenvalue weighted by atomic mass is 19.1. The maximum Gasteiger partial charge on any atom is 0.308 e. The Kier molecular flexibility index (Phi) is 4.57. The number of aromatic amines is 1. The van der Waals surface area contributed by atoms with Crippen LogP contribution in [0, 0.1) is 28.9 Å². The monoisotopic (exact) mass is 413 g/mol. The molecule has 1 aliphatic carbocycles. The molecule has 0 amide bonds. The second kappa shape index (κ2) is 6.98. The molecule has 30 heavy (non-hydrogen) atoms. The van der Waals surface area contributed by atoms with E-state index in [1.807, 2.05) is 0 Å². The Morgan fingerprint density at radius 1 is 1.37 bits per heavy atom. The van der Waals surface area contributed by atoms with Gasteiger partial charge in [0.2, 0.25) is 0 Å². The molecule has 0 aliphatic heterocycles. The minimum absolute atomic E-state index is 0.000466. The van der Waals surface area contributed by atoms with Gasteiger partial charge in [-0.2, -0.15) is 10.4 Å². The molecule has 1 fully saturated rings. The number of carboxylic acids is 1. The SMILES string of the molecule is CC(Nc1nc(-c2[nH]nc3ncc(F)cc23)nc(C2(C#N)CC2)c1F)C(C)C(=O)O. The molecule has 0 saturated heterocycles. The van der Waals surface area contributed by atoms with Crippen LogP contribution < -0.4 is 5.32 Å². The Labute approximate surface area is 169 Å². The van der Waals surface area contributed by atoms with Gasteiger partial charge in [-0.25, -0.2) is 23.7 Å². The minimum atomic E-state index is -1.07. The predicted molar refractivity (Wildman–Crippen MR) is 101 cm³/mol. The number of nitriles is 1. The van der Waals surface area contributed by atoms with Crippen LogP contribution in [0.25, 0.3) is 22.6 Å². The van der Waals surface area contributed by atoms with Crippen molar-refractivity contribution in [1.82, 2.24) is 25.1 Å². The van der Waals surface area contributed by atoms with Crippen molar-refractivity contribution in [3.63, 3.8) is 0 Å². The Hall–Kier alpha value is -3.68. The summed E-state index contributed by atoms with van der Waals surface area (Å²) in [5.74, 6) is -3.52. The lowest BCUT2D eigenvalue weighted by Gasteiger charge is -2.20. The van der Waals surface area contributed by atoms with Gasteiger partial charge in [-0.1, -0.05) is 0 Å². The number of nitrogens with one attached hydrogen (secondary N) is 2. The number of halogens is 2. The molecular formula is C19H17F2N7O2. The average molecular weight is 413 g/mol. The van der Waals surface area contributed by atoms with Crippen molar-refractivity contribution in [3.05, 3.63) is 29.6 Å². The number of H-pyrrole nitrogens is 1. The molecule has 3 aromatic rings. The first-order valence-electron chi connectivity index (χ1n) is 9.24. The van der Waals surface area contributed by atoms with E-state index in [2.05, 4.69) is 36.5 Å². The molecule has 9 nitrogen and oxygen atoms in total. The lowest BCUT2D eigenvalue weighted by atomic mass is 10.0. The van der Waals surface area contributed by atoms with Crippen LogP contribution in [0.3, 0.4) is 0 Å². The van der Waals surface area contributed by atoms with E-state index in [4.69, 9.17) is 0 Å². The van der Waals surface area contributed by atoms with Crippen LogP contribution in [0.5, 0.6) is 0 Å². The van der Waals surface area contributed by atoms with E-state index >= 15 is 4.39 Å². The van der Waals surface area contributed by atoms with Gasteiger partial charge in [-0.3, -0.25) is 9.89 Å². The van der Waals surface area contributed by atoms with Crippen molar-refractivity contribution in [2.75, 3.05) is 5.32 Å². The van der Waals surface area contributed by atoms with Crippen molar-refractivity contribution in [2.45, 2.75) is 38.1 Å². The Bertz CT molecular complexity index is 1200. The van der Waals surface area contributed by atoms with Crippen LogP contribution in [-0.2, 0) is 10.2 Å². The van der Waals surface area contributed by atoms with Crippen molar-refractivity contribution in [2.24, 2.45) is 5.92 Å². The molecule has 0 radical (unpaired) electrons. The van der Waals surface area contributed by atoms with Crippen LogP contribution in [0.4, 0.5) is 14.6 Å². The van der Waals surface area contributed by atoms with Gasteiger partial charge in [0, 0.05) is 6.04 Å². The summed E-state index contributed by atoms with van der Waals surface area (Å²) in [7, 11) is 0. The molecule has 4 rings (SSSR count). The summed E-state index contributed by atoms with van der Waals surface area (Å²) in [6, 6.07) is 2.64. The highest BCUT2D eigenvalue weighted by molar-refractivity contribution is 5.88. The van der Waals surface area contributed by atoms with E-state index < -0.39 is 35.0 Å². The highest BCUT2D eigenvalue weighted by Gasteiger charge is 2.49. The van der Waals surface area contributed by atoms with Gasteiger partial charge in [0.15, 0.2) is 23.1 Å². The van der Waals surface area contributed by atoms with Crippen LogP contribution in [0.1, 0.15) is 32.4 Å². The molecule has 154 valence electrons. The quantitative estimate of drug-likeness (QED) is 0.560. The number of fused-ring (bicyclic) bond motifs is 1. The number of anilines is 1. The number of hydrogen-bond donors (Lipinski definition) is 3. The number of nitrogens with zero attached hydrogens (tertiary/aromatic N) is 5. The smallest absolute Gasteiger partial charge is 0.308 e. The molecule has 0 bridgehead atoms. The van der Waals surface area contributed by atoms with Gasteiger partial charge in [-0.05, 0) is 32.8 Å². The second-order valence-electron chi connectivity index (χ2n) is 7.44. The van der Waals surface area contributed by atoms with Crippen molar-refractivity contribution in [1.29, 1.82) is 5.26 Å². The number of pyridine rings is 1.